The maximum atomic E-state index is 10.9. The van der Waals surface area contributed by atoms with E-state index in [1.165, 1.54) is 0 Å². The summed E-state index contributed by atoms with van der Waals surface area (Å²) in [4.78, 5) is 84.6. The Hall–Kier alpha value is 0.520. The van der Waals surface area contributed by atoms with Crippen LogP contribution in [0.5, 0.6) is 0 Å². The molecule has 0 aliphatic rings. The molecular formula is C6H14N2O12P4-6. The van der Waals surface area contributed by atoms with Gasteiger partial charge in [-0.1, -0.05) is 22.8 Å². The first-order valence-electron chi connectivity index (χ1n) is 5.89. The first kappa shape index (κ1) is 24.5. The van der Waals surface area contributed by atoms with E-state index in [9.17, 15) is 47.9 Å². The molecule has 24 heavy (non-hydrogen) atoms. The highest BCUT2D eigenvalue weighted by Gasteiger charge is 2.19. The monoisotopic (exact) mass is 430 g/mol. The fourth-order valence-electron chi connectivity index (χ4n) is 1.65. The van der Waals surface area contributed by atoms with Crippen LogP contribution in [0.2, 0.25) is 0 Å². The quantitative estimate of drug-likeness (QED) is 0.236. The minimum absolute atomic E-state index is 0.356. The molecule has 1 atom stereocenters. The van der Waals surface area contributed by atoms with Crippen molar-refractivity contribution in [2.45, 2.75) is 0 Å². The molecule has 0 saturated heterocycles. The van der Waals surface area contributed by atoms with Gasteiger partial charge in [0.2, 0.25) is 0 Å². The lowest BCUT2D eigenvalue weighted by molar-refractivity contribution is -0.320. The smallest absolute Gasteiger partial charge is 0.315 e. The topological polar surface area (TPSA) is 261 Å². The predicted molar refractivity (Wildman–Crippen MR) is 66.8 cm³/mol. The average Bonchev–Trinajstić information content (AvgIpc) is 2.16. The molecule has 0 saturated carbocycles. The van der Waals surface area contributed by atoms with Crippen LogP contribution in [0.15, 0.2) is 0 Å². The molecule has 0 aromatic carbocycles. The van der Waals surface area contributed by atoms with Crippen LogP contribution < -0.4 is 34.3 Å². The molecule has 14 nitrogen and oxygen atoms in total. The van der Waals surface area contributed by atoms with Gasteiger partial charge in [0.15, 0.2) is 0 Å². The molecule has 2 N–H and O–H groups in total. The summed E-state index contributed by atoms with van der Waals surface area (Å²) in [7, 11) is -20.6. The van der Waals surface area contributed by atoms with Crippen molar-refractivity contribution in [2.24, 2.45) is 0 Å². The zero-order valence-electron chi connectivity index (χ0n) is 11.9. The molecule has 0 bridgehead atoms. The second-order valence-electron chi connectivity index (χ2n) is 4.85. The van der Waals surface area contributed by atoms with Crippen molar-refractivity contribution in [3.8, 4) is 0 Å². The molecule has 0 fully saturated rings. The van der Waals surface area contributed by atoms with Crippen molar-refractivity contribution in [1.29, 1.82) is 0 Å². The van der Waals surface area contributed by atoms with Crippen LogP contribution in [0.1, 0.15) is 0 Å². The van der Waals surface area contributed by atoms with Crippen LogP contribution >= 0.6 is 30.4 Å². The summed E-state index contributed by atoms with van der Waals surface area (Å²) in [5.41, 5.74) is 0. The van der Waals surface area contributed by atoms with Crippen molar-refractivity contribution < 1.29 is 57.4 Å². The molecular weight excluding hydrogens is 416 g/mol. The van der Waals surface area contributed by atoms with Gasteiger partial charge in [-0.3, -0.25) is 9.80 Å². The Labute approximate surface area is 136 Å². The SMILES string of the molecule is O=P([O-])([O-])CN(CCN(CP(=O)([O-])[O-])CP([O-])(O)=[OH+])CP(=O)([O-])[O-]. The Morgan fingerprint density at radius 1 is 0.667 bits per heavy atom. The van der Waals surface area contributed by atoms with E-state index in [2.05, 4.69) is 0 Å². The highest BCUT2D eigenvalue weighted by Crippen LogP contribution is 2.34. The maximum Gasteiger partial charge on any atom is 0.315 e. The predicted octanol–water partition coefficient (Wildman–Crippen LogP) is -6.35. The first-order chi connectivity index (χ1) is 10.4. The van der Waals surface area contributed by atoms with Crippen molar-refractivity contribution in [1.82, 2.24) is 9.80 Å². The van der Waals surface area contributed by atoms with E-state index in [-0.39, 0.29) is 0 Å². The van der Waals surface area contributed by atoms with Gasteiger partial charge < -0.3 is 57.4 Å². The summed E-state index contributed by atoms with van der Waals surface area (Å²) in [6.07, 6.45) is -5.27. The van der Waals surface area contributed by atoms with Crippen molar-refractivity contribution in [2.75, 3.05) is 38.2 Å². The number of nitrogens with zero attached hydrogens (tertiary/aromatic N) is 2. The lowest BCUT2D eigenvalue weighted by atomic mass is 10.5. The third-order valence-corrected chi connectivity index (χ3v) is 5.24. The Balaban J connectivity index is 5.07. The van der Waals surface area contributed by atoms with E-state index < -0.39 is 68.6 Å². The average molecular weight is 430 g/mol. The maximum absolute atomic E-state index is 10.9. The van der Waals surface area contributed by atoms with Crippen molar-refractivity contribution >= 4 is 30.4 Å². The molecule has 0 heterocycles. The number of hydrogen-bond acceptors (Lipinski definition) is 12. The summed E-state index contributed by atoms with van der Waals surface area (Å²) < 4.78 is 40.9. The molecule has 0 aliphatic carbocycles. The third-order valence-electron chi connectivity index (χ3n) is 2.24. The van der Waals surface area contributed by atoms with Gasteiger partial charge in [-0.25, -0.2) is 0 Å². The fourth-order valence-corrected chi connectivity index (χ4v) is 4.92. The van der Waals surface area contributed by atoms with Gasteiger partial charge in [0.25, 0.3) is 0 Å². The zero-order chi connectivity index (χ0) is 19.4. The van der Waals surface area contributed by atoms with Crippen molar-refractivity contribution in [3.63, 3.8) is 0 Å². The molecule has 146 valence electrons. The Bertz CT molecular complexity index is 486. The minimum Gasteiger partial charge on any atom is -0.810 e. The van der Waals surface area contributed by atoms with Crippen LogP contribution in [0, 0.1) is 0 Å². The highest BCUT2D eigenvalue weighted by molar-refractivity contribution is 7.51. The molecule has 0 amide bonds. The molecule has 0 aliphatic heterocycles. The van der Waals surface area contributed by atoms with E-state index >= 15 is 0 Å². The van der Waals surface area contributed by atoms with E-state index in [1.807, 2.05) is 0 Å². The zero-order valence-corrected chi connectivity index (χ0v) is 15.5. The fraction of sp³-hybridized carbons (Fsp3) is 1.00. The largest absolute Gasteiger partial charge is 0.810 e. The van der Waals surface area contributed by atoms with Gasteiger partial charge in [0.1, 0.15) is 6.29 Å². The van der Waals surface area contributed by atoms with E-state index in [4.69, 9.17) is 9.46 Å². The summed E-state index contributed by atoms with van der Waals surface area (Å²) in [6, 6.07) is 0. The molecule has 18 heteroatoms. The van der Waals surface area contributed by atoms with Gasteiger partial charge in [-0.15, -0.1) is 0 Å². The Morgan fingerprint density at radius 3 is 1.12 bits per heavy atom. The van der Waals surface area contributed by atoms with Crippen LogP contribution in [0.3, 0.4) is 0 Å². The first-order valence-corrected chi connectivity index (χ1v) is 12.9. The number of rotatable bonds is 11. The van der Waals surface area contributed by atoms with E-state index in [0.29, 0.717) is 9.80 Å². The second kappa shape index (κ2) is 8.94. The number of hydrogen-bond donors (Lipinski definition) is 1. The van der Waals surface area contributed by atoms with Crippen LogP contribution in [0.25, 0.3) is 0 Å². The normalized spacial score (nSPS) is 16.6. The summed E-state index contributed by atoms with van der Waals surface area (Å²) >= 11 is 0. The van der Waals surface area contributed by atoms with Gasteiger partial charge in [0, 0.05) is 31.9 Å². The molecule has 0 radical (unpaired) electrons. The third kappa shape index (κ3) is 16.0. The lowest BCUT2D eigenvalue weighted by Gasteiger charge is -2.42. The summed E-state index contributed by atoms with van der Waals surface area (Å²) in [5, 5.41) is 0. The molecule has 1 unspecified atom stereocenters. The second-order valence-corrected chi connectivity index (χ2v) is 11.0. The lowest BCUT2D eigenvalue weighted by Crippen LogP contribution is -2.42. The Kier molecular flexibility index (Phi) is 9.14. The highest BCUT2D eigenvalue weighted by atomic mass is 31.2. The van der Waals surface area contributed by atoms with Crippen molar-refractivity contribution in [3.05, 3.63) is 0 Å². The van der Waals surface area contributed by atoms with Crippen LogP contribution in [-0.2, 0) is 13.7 Å². The van der Waals surface area contributed by atoms with Gasteiger partial charge in [-0.05, 0) is 0 Å². The molecule has 0 rings (SSSR count). The Morgan fingerprint density at radius 2 is 0.917 bits per heavy atom. The standard InChI is InChI=1S/C6H20N2O12P4/c9-21(10,11)3-7(4-22(12,13)14)1-2-8(5-23(15,16)17)6-24(18,19)20/h1-6H2,(H2,9,10,11)(H2,12,13,14)(H2,15,16,17)(H2,18,19,20)/p-6. The summed E-state index contributed by atoms with van der Waals surface area (Å²) in [6.45, 7) is -1.41. The van der Waals surface area contributed by atoms with Crippen LogP contribution in [-0.4, -0.2) is 57.5 Å². The van der Waals surface area contributed by atoms with E-state index in [1.54, 1.807) is 0 Å². The van der Waals surface area contributed by atoms with Crippen LogP contribution in [0.4, 0.5) is 0 Å². The van der Waals surface area contributed by atoms with Gasteiger partial charge >= 0.3 is 7.60 Å². The molecule has 0 aromatic heterocycles. The summed E-state index contributed by atoms with van der Waals surface area (Å²) in [5.74, 6) is 0. The van der Waals surface area contributed by atoms with Gasteiger partial charge in [-0.2, -0.15) is 0 Å². The van der Waals surface area contributed by atoms with E-state index in [0.717, 1.165) is 0 Å². The van der Waals surface area contributed by atoms with Gasteiger partial charge in [0.05, 0.1) is 0 Å². The molecule has 0 spiro atoms. The molecule has 0 aromatic rings. The minimum atomic E-state index is -5.27.